The molecule has 1 fully saturated rings. The van der Waals surface area contributed by atoms with Gasteiger partial charge in [-0.05, 0) is 62.9 Å². The van der Waals surface area contributed by atoms with Crippen LogP contribution in [0.25, 0.3) is 16.9 Å². The Balaban J connectivity index is 1.63. The SMILES string of the molecule is Cc1c(C(=O)N[C@H]2CC[C@H](NS(C)(=O)=O)CC2)nn(-c2ccc(Cl)cc2Cl)c1-c1ccc(Cl)cc1. The number of nitrogens with one attached hydrogen (secondary N) is 2. The molecule has 1 aliphatic carbocycles. The first kappa shape index (κ1) is 26.0. The lowest BCUT2D eigenvalue weighted by Gasteiger charge is -2.29. The van der Waals surface area contributed by atoms with Gasteiger partial charge in [0.25, 0.3) is 5.91 Å². The van der Waals surface area contributed by atoms with Gasteiger partial charge in [0.05, 0.1) is 22.7 Å². The summed E-state index contributed by atoms with van der Waals surface area (Å²) in [4.78, 5) is 13.3. The summed E-state index contributed by atoms with van der Waals surface area (Å²) >= 11 is 18.7. The highest BCUT2D eigenvalue weighted by molar-refractivity contribution is 7.88. The summed E-state index contributed by atoms with van der Waals surface area (Å²) in [6.07, 6.45) is 3.81. The lowest BCUT2D eigenvalue weighted by molar-refractivity contribution is 0.0919. The minimum absolute atomic E-state index is 0.0669. The van der Waals surface area contributed by atoms with Gasteiger partial charge < -0.3 is 5.32 Å². The molecule has 2 N–H and O–H groups in total. The zero-order valence-electron chi connectivity index (χ0n) is 19.2. The van der Waals surface area contributed by atoms with Crippen molar-refractivity contribution in [2.75, 3.05) is 6.26 Å². The van der Waals surface area contributed by atoms with Crippen LogP contribution >= 0.6 is 34.8 Å². The van der Waals surface area contributed by atoms with Gasteiger partial charge in [-0.2, -0.15) is 5.10 Å². The van der Waals surface area contributed by atoms with E-state index < -0.39 is 10.0 Å². The van der Waals surface area contributed by atoms with Crippen LogP contribution in [-0.2, 0) is 10.0 Å². The highest BCUT2D eigenvalue weighted by Crippen LogP contribution is 2.33. The molecule has 1 aromatic heterocycles. The molecule has 0 atom stereocenters. The van der Waals surface area contributed by atoms with Crippen molar-refractivity contribution in [2.24, 2.45) is 0 Å². The Morgan fingerprint density at radius 1 is 0.971 bits per heavy atom. The van der Waals surface area contributed by atoms with E-state index in [9.17, 15) is 13.2 Å². The molecule has 4 rings (SSSR count). The van der Waals surface area contributed by atoms with Gasteiger partial charge in [0, 0.05) is 33.3 Å². The topological polar surface area (TPSA) is 93.1 Å². The van der Waals surface area contributed by atoms with Gasteiger partial charge >= 0.3 is 0 Å². The molecule has 186 valence electrons. The molecule has 0 radical (unpaired) electrons. The van der Waals surface area contributed by atoms with Crippen molar-refractivity contribution in [3.05, 3.63) is 68.8 Å². The van der Waals surface area contributed by atoms with Crippen LogP contribution in [0.5, 0.6) is 0 Å². The Morgan fingerprint density at radius 2 is 1.57 bits per heavy atom. The molecular formula is C24H25Cl3N4O3S. The Kier molecular flexibility index (Phi) is 7.78. The number of aromatic nitrogens is 2. The van der Waals surface area contributed by atoms with Crippen molar-refractivity contribution in [3.8, 4) is 16.9 Å². The number of halogens is 3. The van der Waals surface area contributed by atoms with Crippen molar-refractivity contribution < 1.29 is 13.2 Å². The van der Waals surface area contributed by atoms with Crippen molar-refractivity contribution in [3.63, 3.8) is 0 Å². The zero-order chi connectivity index (χ0) is 25.3. The van der Waals surface area contributed by atoms with E-state index in [-0.39, 0.29) is 23.7 Å². The first-order valence-electron chi connectivity index (χ1n) is 11.1. The van der Waals surface area contributed by atoms with Gasteiger partial charge in [-0.15, -0.1) is 0 Å². The van der Waals surface area contributed by atoms with Crippen LogP contribution in [0.3, 0.4) is 0 Å². The van der Waals surface area contributed by atoms with E-state index in [1.54, 1.807) is 35.0 Å². The van der Waals surface area contributed by atoms with Gasteiger partial charge in [-0.3, -0.25) is 4.79 Å². The second-order valence-corrected chi connectivity index (χ2v) is 11.8. The molecular weight excluding hydrogens is 531 g/mol. The van der Waals surface area contributed by atoms with Gasteiger partial charge in [0.2, 0.25) is 10.0 Å². The van der Waals surface area contributed by atoms with Crippen LogP contribution in [0.4, 0.5) is 0 Å². The van der Waals surface area contributed by atoms with Gasteiger partial charge in [-0.25, -0.2) is 17.8 Å². The normalized spacial score (nSPS) is 18.4. The lowest BCUT2D eigenvalue weighted by Crippen LogP contribution is -2.43. The number of hydrogen-bond acceptors (Lipinski definition) is 4. The average Bonchev–Trinajstić information content (AvgIpc) is 3.11. The number of sulfonamides is 1. The highest BCUT2D eigenvalue weighted by Gasteiger charge is 2.28. The minimum Gasteiger partial charge on any atom is -0.348 e. The molecule has 0 saturated heterocycles. The van der Waals surface area contributed by atoms with Crippen LogP contribution in [-0.4, -0.2) is 42.4 Å². The molecule has 35 heavy (non-hydrogen) atoms. The Labute approximate surface area is 219 Å². The van der Waals surface area contributed by atoms with Crippen molar-refractivity contribution in [1.82, 2.24) is 19.8 Å². The second kappa shape index (κ2) is 10.5. The maximum atomic E-state index is 13.3. The molecule has 7 nitrogen and oxygen atoms in total. The fraction of sp³-hybridized carbons (Fsp3) is 0.333. The molecule has 0 bridgehead atoms. The molecule has 1 amide bonds. The van der Waals surface area contributed by atoms with E-state index in [0.29, 0.717) is 52.0 Å². The monoisotopic (exact) mass is 554 g/mol. The van der Waals surface area contributed by atoms with E-state index >= 15 is 0 Å². The maximum absolute atomic E-state index is 13.3. The summed E-state index contributed by atoms with van der Waals surface area (Å²) in [7, 11) is -3.25. The third-order valence-corrected chi connectivity index (χ3v) is 7.59. The minimum atomic E-state index is -3.25. The molecule has 2 aromatic carbocycles. The molecule has 1 saturated carbocycles. The summed E-state index contributed by atoms with van der Waals surface area (Å²) in [6, 6.07) is 12.2. The predicted octanol–water partition coefficient (Wildman–Crippen LogP) is 5.40. The number of rotatable bonds is 6. The summed E-state index contributed by atoms with van der Waals surface area (Å²) in [6.45, 7) is 1.85. The number of benzene rings is 2. The largest absolute Gasteiger partial charge is 0.348 e. The molecule has 1 heterocycles. The smallest absolute Gasteiger partial charge is 0.272 e. The average molecular weight is 556 g/mol. The maximum Gasteiger partial charge on any atom is 0.272 e. The number of nitrogens with zero attached hydrogens (tertiary/aromatic N) is 2. The van der Waals surface area contributed by atoms with E-state index in [0.717, 1.165) is 17.5 Å². The molecule has 11 heteroatoms. The van der Waals surface area contributed by atoms with Gasteiger partial charge in [0.15, 0.2) is 5.69 Å². The number of amides is 1. The number of carbonyl (C=O) groups is 1. The van der Waals surface area contributed by atoms with Crippen LogP contribution in [0, 0.1) is 6.92 Å². The van der Waals surface area contributed by atoms with Crippen molar-refractivity contribution in [2.45, 2.75) is 44.7 Å². The Bertz CT molecular complexity index is 1350. The van der Waals surface area contributed by atoms with E-state index in [2.05, 4.69) is 15.1 Å². The van der Waals surface area contributed by atoms with Crippen LogP contribution in [0.15, 0.2) is 42.5 Å². The quantitative estimate of drug-likeness (QED) is 0.426. The zero-order valence-corrected chi connectivity index (χ0v) is 22.3. The molecule has 0 aliphatic heterocycles. The predicted molar refractivity (Wildman–Crippen MR) is 140 cm³/mol. The third-order valence-electron chi connectivity index (χ3n) is 6.04. The second-order valence-electron chi connectivity index (χ2n) is 8.75. The summed E-state index contributed by atoms with van der Waals surface area (Å²) in [5.74, 6) is -0.291. The molecule has 0 spiro atoms. The molecule has 3 aromatic rings. The number of hydrogen-bond donors (Lipinski definition) is 2. The van der Waals surface area contributed by atoms with Crippen LogP contribution in [0.1, 0.15) is 41.7 Å². The van der Waals surface area contributed by atoms with E-state index in [1.165, 1.54) is 0 Å². The van der Waals surface area contributed by atoms with Crippen molar-refractivity contribution >= 4 is 50.7 Å². The van der Waals surface area contributed by atoms with Crippen LogP contribution in [0.2, 0.25) is 15.1 Å². The highest BCUT2D eigenvalue weighted by atomic mass is 35.5. The third kappa shape index (κ3) is 6.19. The van der Waals surface area contributed by atoms with E-state index in [1.807, 2.05) is 19.1 Å². The lowest BCUT2D eigenvalue weighted by atomic mass is 9.91. The van der Waals surface area contributed by atoms with Crippen LogP contribution < -0.4 is 10.0 Å². The summed E-state index contributed by atoms with van der Waals surface area (Å²) in [5.41, 5.74) is 3.13. The Morgan fingerprint density at radius 3 is 2.17 bits per heavy atom. The summed E-state index contributed by atoms with van der Waals surface area (Å²) < 4.78 is 27.3. The first-order valence-corrected chi connectivity index (χ1v) is 14.1. The first-order chi connectivity index (χ1) is 16.5. The molecule has 1 aliphatic rings. The fourth-order valence-electron chi connectivity index (χ4n) is 4.40. The fourth-order valence-corrected chi connectivity index (χ4v) is 5.85. The number of carbonyl (C=O) groups excluding carboxylic acids is 1. The Hall–Kier alpha value is -2.10. The van der Waals surface area contributed by atoms with E-state index in [4.69, 9.17) is 34.8 Å². The standard InChI is InChI=1S/C24H25Cl3N4O3S/c1-14-22(24(32)28-18-8-10-19(11-9-18)30-35(2,33)34)29-31(21-12-7-17(26)13-20(21)27)23(14)15-3-5-16(25)6-4-15/h3-7,12-13,18-19,30H,8-11H2,1-2H3,(H,28,32)/t18-,19-. The summed E-state index contributed by atoms with van der Waals surface area (Å²) in [5, 5.41) is 9.21. The van der Waals surface area contributed by atoms with Gasteiger partial charge in [0.1, 0.15) is 0 Å². The van der Waals surface area contributed by atoms with Gasteiger partial charge in [-0.1, -0.05) is 46.9 Å². The van der Waals surface area contributed by atoms with Crippen molar-refractivity contribution in [1.29, 1.82) is 0 Å². The molecule has 0 unspecified atom stereocenters.